The first-order chi connectivity index (χ1) is 13.6. The number of nitrogens with zero attached hydrogens (tertiary/aromatic N) is 3. The lowest BCUT2D eigenvalue weighted by atomic mass is 10.1. The second-order valence-corrected chi connectivity index (χ2v) is 5.95. The number of nitro groups is 1. The number of morpholine rings is 1. The molecule has 1 fully saturated rings. The van der Waals surface area contributed by atoms with Crippen molar-refractivity contribution in [1.82, 2.24) is 0 Å². The third kappa shape index (κ3) is 5.17. The van der Waals surface area contributed by atoms with Gasteiger partial charge in [-0.05, 0) is 18.2 Å². The minimum absolute atomic E-state index is 0.00809. The molecule has 0 aliphatic carbocycles. The Kier molecular flexibility index (Phi) is 6.74. The molecule has 0 radical (unpaired) electrons. The molecular formula is C19H20FN3O5. The van der Waals surface area contributed by atoms with Crippen molar-refractivity contribution in [3.8, 4) is 5.75 Å². The molecule has 2 aromatic carbocycles. The standard InChI is InChI=1S/C19H20FN3O5/c20-16-3-1-2-4-19(16)27-11-12-28-21-14-15-5-6-17(18(13-15)23(24)25)22-7-9-26-10-8-22/h1-6,13-14H,7-12H2/b21-14-. The lowest BCUT2D eigenvalue weighted by Gasteiger charge is -2.28. The lowest BCUT2D eigenvalue weighted by molar-refractivity contribution is -0.384. The molecule has 9 heteroatoms. The van der Waals surface area contributed by atoms with E-state index < -0.39 is 10.7 Å². The summed E-state index contributed by atoms with van der Waals surface area (Å²) in [5.74, 6) is -0.303. The zero-order valence-corrected chi connectivity index (χ0v) is 15.1. The maximum absolute atomic E-state index is 13.4. The minimum atomic E-state index is -0.446. The predicted molar refractivity (Wildman–Crippen MR) is 102 cm³/mol. The molecule has 0 saturated carbocycles. The molecule has 148 valence electrons. The van der Waals surface area contributed by atoms with Crippen molar-refractivity contribution in [2.24, 2.45) is 5.16 Å². The van der Waals surface area contributed by atoms with Gasteiger partial charge in [-0.1, -0.05) is 23.4 Å². The second kappa shape index (κ2) is 9.65. The summed E-state index contributed by atoms with van der Waals surface area (Å²) < 4.78 is 23.9. The molecular weight excluding hydrogens is 369 g/mol. The number of anilines is 1. The van der Waals surface area contributed by atoms with Crippen molar-refractivity contribution in [1.29, 1.82) is 0 Å². The van der Waals surface area contributed by atoms with Crippen LogP contribution in [-0.2, 0) is 9.57 Å². The van der Waals surface area contributed by atoms with Crippen molar-refractivity contribution >= 4 is 17.6 Å². The normalized spacial score (nSPS) is 14.2. The number of hydrogen-bond donors (Lipinski definition) is 0. The zero-order chi connectivity index (χ0) is 19.8. The first-order valence-corrected chi connectivity index (χ1v) is 8.79. The van der Waals surface area contributed by atoms with E-state index in [4.69, 9.17) is 14.3 Å². The van der Waals surface area contributed by atoms with Crippen molar-refractivity contribution in [2.45, 2.75) is 0 Å². The van der Waals surface area contributed by atoms with Crippen LogP contribution in [0.4, 0.5) is 15.8 Å². The van der Waals surface area contributed by atoms with Gasteiger partial charge in [-0.25, -0.2) is 4.39 Å². The van der Waals surface area contributed by atoms with Crippen molar-refractivity contribution in [3.05, 3.63) is 64.0 Å². The number of nitro benzene ring substituents is 1. The van der Waals surface area contributed by atoms with Crippen LogP contribution in [0.2, 0.25) is 0 Å². The maximum atomic E-state index is 13.4. The summed E-state index contributed by atoms with van der Waals surface area (Å²) in [6.07, 6.45) is 1.39. The number of hydrogen-bond acceptors (Lipinski definition) is 7. The Morgan fingerprint density at radius 3 is 2.75 bits per heavy atom. The largest absolute Gasteiger partial charge is 0.487 e. The molecule has 0 bridgehead atoms. The van der Waals surface area contributed by atoms with E-state index in [-0.39, 0.29) is 24.7 Å². The molecule has 28 heavy (non-hydrogen) atoms. The van der Waals surface area contributed by atoms with E-state index in [1.54, 1.807) is 24.3 Å². The van der Waals surface area contributed by atoms with Crippen LogP contribution in [0.25, 0.3) is 0 Å². The number of ether oxygens (including phenoxy) is 2. The van der Waals surface area contributed by atoms with Gasteiger partial charge in [0.15, 0.2) is 18.2 Å². The van der Waals surface area contributed by atoms with E-state index in [0.717, 1.165) is 0 Å². The molecule has 0 aromatic heterocycles. The highest BCUT2D eigenvalue weighted by atomic mass is 19.1. The van der Waals surface area contributed by atoms with E-state index in [0.29, 0.717) is 37.6 Å². The van der Waals surface area contributed by atoms with E-state index in [9.17, 15) is 14.5 Å². The SMILES string of the molecule is O=[N+]([O-])c1cc(/C=N\OCCOc2ccccc2F)ccc1N1CCOCC1. The number of rotatable bonds is 8. The first kappa shape index (κ1) is 19.6. The number of para-hydroxylation sites is 1. The van der Waals surface area contributed by atoms with Crippen LogP contribution in [0.5, 0.6) is 5.75 Å². The molecule has 3 rings (SSSR count). The molecule has 1 aliphatic heterocycles. The molecule has 0 unspecified atom stereocenters. The third-order valence-electron chi connectivity index (χ3n) is 4.09. The Morgan fingerprint density at radius 2 is 2.00 bits per heavy atom. The fraction of sp³-hybridized carbons (Fsp3) is 0.316. The lowest BCUT2D eigenvalue weighted by Crippen LogP contribution is -2.36. The van der Waals surface area contributed by atoms with E-state index in [1.807, 2.05) is 4.90 Å². The van der Waals surface area contributed by atoms with Gasteiger partial charge in [0.1, 0.15) is 12.3 Å². The highest BCUT2D eigenvalue weighted by Gasteiger charge is 2.21. The smallest absolute Gasteiger partial charge is 0.293 e. The van der Waals surface area contributed by atoms with Crippen LogP contribution in [0.1, 0.15) is 5.56 Å². The summed E-state index contributed by atoms with van der Waals surface area (Å²) in [5, 5.41) is 15.2. The predicted octanol–water partition coefficient (Wildman–Crippen LogP) is 3.00. The molecule has 0 atom stereocenters. The Hall–Kier alpha value is -3.20. The Balaban J connectivity index is 1.54. The Morgan fingerprint density at radius 1 is 1.21 bits per heavy atom. The molecule has 2 aromatic rings. The van der Waals surface area contributed by atoms with Crippen LogP contribution in [-0.4, -0.2) is 50.7 Å². The zero-order valence-electron chi connectivity index (χ0n) is 15.1. The number of halogens is 1. The van der Waals surface area contributed by atoms with Crippen LogP contribution in [0, 0.1) is 15.9 Å². The summed E-state index contributed by atoms with van der Waals surface area (Å²) in [6, 6.07) is 11.0. The molecule has 1 aliphatic rings. The molecule has 0 spiro atoms. The summed E-state index contributed by atoms with van der Waals surface area (Å²) in [4.78, 5) is 18.0. The summed E-state index contributed by atoms with van der Waals surface area (Å²) in [6.45, 7) is 2.54. The Labute approximate surface area is 161 Å². The molecule has 8 nitrogen and oxygen atoms in total. The van der Waals surface area contributed by atoms with Gasteiger partial charge < -0.3 is 19.2 Å². The van der Waals surface area contributed by atoms with Gasteiger partial charge in [-0.2, -0.15) is 0 Å². The van der Waals surface area contributed by atoms with Gasteiger partial charge in [0.2, 0.25) is 0 Å². The number of oxime groups is 1. The highest BCUT2D eigenvalue weighted by molar-refractivity contribution is 5.82. The van der Waals surface area contributed by atoms with E-state index >= 15 is 0 Å². The summed E-state index contributed by atoms with van der Waals surface area (Å²) in [5.41, 5.74) is 1.11. The topological polar surface area (TPSA) is 86.4 Å². The van der Waals surface area contributed by atoms with Gasteiger partial charge in [0, 0.05) is 24.7 Å². The minimum Gasteiger partial charge on any atom is -0.487 e. The molecule has 0 amide bonds. The average Bonchev–Trinajstić information content (AvgIpc) is 2.72. The van der Waals surface area contributed by atoms with Crippen molar-refractivity contribution < 1.29 is 23.6 Å². The van der Waals surface area contributed by atoms with Crippen LogP contribution in [0.3, 0.4) is 0 Å². The fourth-order valence-corrected chi connectivity index (χ4v) is 2.74. The van der Waals surface area contributed by atoms with Crippen molar-refractivity contribution in [3.63, 3.8) is 0 Å². The molecule has 1 heterocycles. The van der Waals surface area contributed by atoms with Crippen LogP contribution < -0.4 is 9.64 Å². The second-order valence-electron chi connectivity index (χ2n) is 5.95. The van der Waals surface area contributed by atoms with E-state index in [1.165, 1.54) is 24.4 Å². The summed E-state index contributed by atoms with van der Waals surface area (Å²) in [7, 11) is 0. The first-order valence-electron chi connectivity index (χ1n) is 8.79. The van der Waals surface area contributed by atoms with E-state index in [2.05, 4.69) is 5.16 Å². The monoisotopic (exact) mass is 389 g/mol. The average molecular weight is 389 g/mol. The third-order valence-corrected chi connectivity index (χ3v) is 4.09. The van der Waals surface area contributed by atoms with Gasteiger partial charge in [0.25, 0.3) is 5.69 Å². The highest BCUT2D eigenvalue weighted by Crippen LogP contribution is 2.29. The fourth-order valence-electron chi connectivity index (χ4n) is 2.74. The molecule has 1 saturated heterocycles. The van der Waals surface area contributed by atoms with Gasteiger partial charge in [-0.3, -0.25) is 10.1 Å². The maximum Gasteiger partial charge on any atom is 0.293 e. The van der Waals surface area contributed by atoms with Gasteiger partial charge in [0.05, 0.1) is 24.4 Å². The quantitative estimate of drug-likeness (QED) is 0.299. The van der Waals surface area contributed by atoms with Crippen LogP contribution in [0.15, 0.2) is 47.6 Å². The molecule has 0 N–H and O–H groups in total. The summed E-state index contributed by atoms with van der Waals surface area (Å²) >= 11 is 0. The number of benzene rings is 2. The van der Waals surface area contributed by atoms with Gasteiger partial charge >= 0.3 is 0 Å². The van der Waals surface area contributed by atoms with Gasteiger partial charge in [-0.15, -0.1) is 0 Å². The van der Waals surface area contributed by atoms with Crippen molar-refractivity contribution in [2.75, 3.05) is 44.4 Å². The Bertz CT molecular complexity index is 840. The van der Waals surface area contributed by atoms with Crippen LogP contribution >= 0.6 is 0 Å².